The van der Waals surface area contributed by atoms with E-state index < -0.39 is 12.0 Å². The number of amides is 2. The van der Waals surface area contributed by atoms with Crippen molar-refractivity contribution in [2.75, 3.05) is 32.9 Å². The Balaban J connectivity index is 1.63. The molecule has 2 heterocycles. The molecule has 176 valence electrons. The summed E-state index contributed by atoms with van der Waals surface area (Å²) in [5.41, 5.74) is 0.417. The molecule has 2 aliphatic rings. The molecular weight excluding hydrogens is 480 g/mol. The van der Waals surface area contributed by atoms with E-state index in [1.807, 2.05) is 0 Å². The van der Waals surface area contributed by atoms with Crippen molar-refractivity contribution in [1.82, 2.24) is 10.2 Å². The summed E-state index contributed by atoms with van der Waals surface area (Å²) in [6.07, 6.45) is 2.46. The Bertz CT molecular complexity index is 825. The summed E-state index contributed by atoms with van der Waals surface area (Å²) in [6, 6.07) is 4.20. The highest BCUT2D eigenvalue weighted by Crippen LogP contribution is 2.28. The van der Waals surface area contributed by atoms with Crippen LogP contribution in [0.15, 0.2) is 22.7 Å². The van der Waals surface area contributed by atoms with Gasteiger partial charge in [-0.15, -0.1) is 0 Å². The molecular formula is C23H31BrN2O6. The SMILES string of the molecule is CC(C)CCOc1ccc(C(=O)N2CCNC(=O)C2CC(=O)OCC2CCCO2)cc1Br. The van der Waals surface area contributed by atoms with Gasteiger partial charge in [0.2, 0.25) is 5.91 Å². The van der Waals surface area contributed by atoms with E-state index in [1.54, 1.807) is 18.2 Å². The molecule has 0 saturated carbocycles. The molecule has 0 aromatic heterocycles. The third-order valence-corrected chi connectivity index (χ3v) is 6.16. The second kappa shape index (κ2) is 11.7. The fraction of sp³-hybridized carbons (Fsp3) is 0.609. The lowest BCUT2D eigenvalue weighted by atomic mass is 10.1. The molecule has 2 aliphatic heterocycles. The molecule has 0 radical (unpaired) electrons. The summed E-state index contributed by atoms with van der Waals surface area (Å²) in [6.45, 7) is 6.35. The number of piperazine rings is 1. The Hall–Kier alpha value is -2.13. The number of hydrogen-bond acceptors (Lipinski definition) is 6. The first-order valence-electron chi connectivity index (χ1n) is 11.1. The van der Waals surface area contributed by atoms with Crippen molar-refractivity contribution in [1.29, 1.82) is 0 Å². The van der Waals surface area contributed by atoms with Crippen molar-refractivity contribution in [3.8, 4) is 5.75 Å². The van der Waals surface area contributed by atoms with Gasteiger partial charge < -0.3 is 24.4 Å². The summed E-state index contributed by atoms with van der Waals surface area (Å²) < 4.78 is 17.2. The topological polar surface area (TPSA) is 94.2 Å². The Morgan fingerprint density at radius 2 is 2.16 bits per heavy atom. The minimum absolute atomic E-state index is 0.0875. The van der Waals surface area contributed by atoms with Gasteiger partial charge in [-0.2, -0.15) is 0 Å². The van der Waals surface area contributed by atoms with Gasteiger partial charge in [-0.05, 0) is 59.3 Å². The molecule has 32 heavy (non-hydrogen) atoms. The number of nitrogens with one attached hydrogen (secondary N) is 1. The van der Waals surface area contributed by atoms with Gasteiger partial charge in [-0.3, -0.25) is 14.4 Å². The Morgan fingerprint density at radius 1 is 1.34 bits per heavy atom. The van der Waals surface area contributed by atoms with E-state index in [0.717, 1.165) is 19.3 Å². The number of hydrogen-bond donors (Lipinski definition) is 1. The van der Waals surface area contributed by atoms with E-state index in [2.05, 4.69) is 35.1 Å². The van der Waals surface area contributed by atoms with Crippen LogP contribution in [0.2, 0.25) is 0 Å². The molecule has 2 fully saturated rings. The lowest BCUT2D eigenvalue weighted by molar-refractivity contribution is -0.150. The maximum Gasteiger partial charge on any atom is 0.308 e. The van der Waals surface area contributed by atoms with Crippen LogP contribution < -0.4 is 10.1 Å². The molecule has 1 aromatic rings. The van der Waals surface area contributed by atoms with Crippen molar-refractivity contribution in [3.63, 3.8) is 0 Å². The third-order valence-electron chi connectivity index (χ3n) is 5.54. The zero-order valence-corrected chi connectivity index (χ0v) is 20.2. The number of rotatable bonds is 9. The van der Waals surface area contributed by atoms with Crippen LogP contribution in [0.5, 0.6) is 5.75 Å². The third kappa shape index (κ3) is 6.68. The summed E-state index contributed by atoms with van der Waals surface area (Å²) in [5.74, 6) is 0.00930. The lowest BCUT2D eigenvalue weighted by Crippen LogP contribution is -2.57. The fourth-order valence-corrected chi connectivity index (χ4v) is 4.15. The second-order valence-electron chi connectivity index (χ2n) is 8.50. The van der Waals surface area contributed by atoms with Crippen LogP contribution >= 0.6 is 15.9 Å². The lowest BCUT2D eigenvalue weighted by Gasteiger charge is -2.34. The molecule has 2 unspecified atom stereocenters. The molecule has 1 aromatic carbocycles. The summed E-state index contributed by atoms with van der Waals surface area (Å²) in [7, 11) is 0. The highest BCUT2D eigenvalue weighted by molar-refractivity contribution is 9.10. The zero-order chi connectivity index (χ0) is 23.1. The smallest absolute Gasteiger partial charge is 0.308 e. The van der Waals surface area contributed by atoms with E-state index in [0.29, 0.717) is 48.0 Å². The van der Waals surface area contributed by atoms with Crippen LogP contribution in [0.4, 0.5) is 0 Å². The van der Waals surface area contributed by atoms with Crippen molar-refractivity contribution in [2.24, 2.45) is 5.92 Å². The second-order valence-corrected chi connectivity index (χ2v) is 9.36. The van der Waals surface area contributed by atoms with E-state index in [-0.39, 0.29) is 30.9 Å². The minimum atomic E-state index is -0.908. The number of nitrogens with zero attached hydrogens (tertiary/aromatic N) is 1. The van der Waals surface area contributed by atoms with E-state index in [4.69, 9.17) is 14.2 Å². The molecule has 2 atom stereocenters. The molecule has 0 bridgehead atoms. The quantitative estimate of drug-likeness (QED) is 0.513. The zero-order valence-electron chi connectivity index (χ0n) is 18.6. The molecule has 0 aliphatic carbocycles. The van der Waals surface area contributed by atoms with Gasteiger partial charge >= 0.3 is 5.97 Å². The van der Waals surface area contributed by atoms with Crippen molar-refractivity contribution in [2.45, 2.75) is 51.7 Å². The first-order chi connectivity index (χ1) is 15.3. The molecule has 1 N–H and O–H groups in total. The molecule has 2 saturated heterocycles. The number of carbonyl (C=O) groups is 3. The number of carbonyl (C=O) groups excluding carboxylic acids is 3. The van der Waals surface area contributed by atoms with Crippen molar-refractivity contribution >= 4 is 33.7 Å². The standard InChI is InChI=1S/C23H31BrN2O6/c1-15(2)7-11-31-20-6-5-16(12-18(20)24)23(29)26-9-8-25-22(28)19(26)13-21(27)32-14-17-4-3-10-30-17/h5-6,12,15,17,19H,3-4,7-11,13-14H2,1-2H3,(H,25,28). The molecule has 3 rings (SSSR count). The number of halogens is 1. The van der Waals surface area contributed by atoms with Crippen LogP contribution in [0, 0.1) is 5.92 Å². The fourth-order valence-electron chi connectivity index (χ4n) is 3.66. The minimum Gasteiger partial charge on any atom is -0.492 e. The Morgan fingerprint density at radius 3 is 2.84 bits per heavy atom. The molecule has 9 heteroatoms. The first-order valence-corrected chi connectivity index (χ1v) is 11.9. The van der Waals surface area contributed by atoms with Crippen molar-refractivity contribution < 1.29 is 28.6 Å². The van der Waals surface area contributed by atoms with Gasteiger partial charge in [-0.1, -0.05) is 13.8 Å². The van der Waals surface area contributed by atoms with Crippen molar-refractivity contribution in [3.05, 3.63) is 28.2 Å². The Kier molecular flexibility index (Phi) is 8.92. The molecule has 2 amide bonds. The summed E-state index contributed by atoms with van der Waals surface area (Å²) in [4.78, 5) is 39.4. The van der Waals surface area contributed by atoms with Crippen LogP contribution in [-0.4, -0.2) is 67.7 Å². The number of ether oxygens (including phenoxy) is 3. The van der Waals surface area contributed by atoms with Gasteiger partial charge in [0.1, 0.15) is 18.4 Å². The monoisotopic (exact) mass is 510 g/mol. The highest BCUT2D eigenvalue weighted by Gasteiger charge is 2.36. The van der Waals surface area contributed by atoms with E-state index >= 15 is 0 Å². The van der Waals surface area contributed by atoms with Gasteiger partial charge in [0.25, 0.3) is 5.91 Å². The normalized spacial score (nSPS) is 20.9. The van der Waals surface area contributed by atoms with Crippen LogP contribution in [-0.2, 0) is 19.1 Å². The Labute approximate surface area is 197 Å². The van der Waals surface area contributed by atoms with Gasteiger partial charge in [0.15, 0.2) is 0 Å². The van der Waals surface area contributed by atoms with Gasteiger partial charge in [-0.25, -0.2) is 0 Å². The number of benzene rings is 1. The molecule has 0 spiro atoms. The average molecular weight is 511 g/mol. The van der Waals surface area contributed by atoms with Gasteiger partial charge in [0.05, 0.1) is 23.6 Å². The van der Waals surface area contributed by atoms with Crippen LogP contribution in [0.1, 0.15) is 49.9 Å². The average Bonchev–Trinajstić information content (AvgIpc) is 3.28. The summed E-state index contributed by atoms with van der Waals surface area (Å²) >= 11 is 3.47. The van der Waals surface area contributed by atoms with Crippen LogP contribution in [0.3, 0.4) is 0 Å². The van der Waals surface area contributed by atoms with E-state index in [9.17, 15) is 14.4 Å². The van der Waals surface area contributed by atoms with E-state index in [1.165, 1.54) is 4.90 Å². The maximum atomic E-state index is 13.2. The first kappa shape index (κ1) is 24.5. The summed E-state index contributed by atoms with van der Waals surface area (Å²) in [5, 5.41) is 2.73. The predicted octanol–water partition coefficient (Wildman–Crippen LogP) is 2.93. The van der Waals surface area contributed by atoms with Crippen LogP contribution in [0.25, 0.3) is 0 Å². The van der Waals surface area contributed by atoms with Gasteiger partial charge in [0, 0.05) is 25.3 Å². The largest absolute Gasteiger partial charge is 0.492 e. The highest BCUT2D eigenvalue weighted by atomic mass is 79.9. The molecule has 8 nitrogen and oxygen atoms in total. The maximum absolute atomic E-state index is 13.2. The predicted molar refractivity (Wildman–Crippen MR) is 121 cm³/mol. The number of esters is 1.